The molecule has 0 unspecified atom stereocenters. The van der Waals surface area contributed by atoms with Gasteiger partial charge in [-0.2, -0.15) is 5.10 Å². The van der Waals surface area contributed by atoms with Crippen LogP contribution >= 0.6 is 0 Å². The molecule has 0 aliphatic carbocycles. The van der Waals surface area contributed by atoms with Gasteiger partial charge in [0.05, 0.1) is 6.61 Å². The molecule has 1 heterocycles. The van der Waals surface area contributed by atoms with Crippen molar-refractivity contribution in [3.63, 3.8) is 0 Å². The molecule has 1 aromatic carbocycles. The number of hydrazone groups is 1. The second-order valence-electron chi connectivity index (χ2n) is 5.22. The maximum atomic E-state index is 12.5. The molecule has 1 fully saturated rings. The van der Waals surface area contributed by atoms with Crippen molar-refractivity contribution in [2.75, 3.05) is 11.5 Å². The lowest BCUT2D eigenvalue weighted by atomic mass is 9.98. The van der Waals surface area contributed by atoms with E-state index >= 15 is 0 Å². The number of nitrogens with two attached hydrogens (primary N) is 1. The molecule has 6 nitrogen and oxygen atoms in total. The zero-order valence-corrected chi connectivity index (χ0v) is 12.4. The Balaban J connectivity index is 2.49. The van der Waals surface area contributed by atoms with Gasteiger partial charge in [-0.1, -0.05) is 17.7 Å². The van der Waals surface area contributed by atoms with Gasteiger partial charge in [0, 0.05) is 12.1 Å². The first-order chi connectivity index (χ1) is 9.93. The van der Waals surface area contributed by atoms with Crippen molar-refractivity contribution in [2.24, 2.45) is 10.9 Å². The summed E-state index contributed by atoms with van der Waals surface area (Å²) in [6, 6.07) is 7.35. The van der Waals surface area contributed by atoms with Crippen molar-refractivity contribution in [1.82, 2.24) is 0 Å². The Hall–Kier alpha value is -2.37. The molecule has 2 N–H and O–H groups in total. The third-order valence-electron chi connectivity index (χ3n) is 3.62. The number of ether oxygens (including phenoxy) is 1. The van der Waals surface area contributed by atoms with E-state index in [-0.39, 0.29) is 24.6 Å². The van der Waals surface area contributed by atoms with Gasteiger partial charge in [0.25, 0.3) is 5.91 Å². The molecule has 1 saturated heterocycles. The van der Waals surface area contributed by atoms with Crippen molar-refractivity contribution in [3.8, 4) is 0 Å². The zero-order chi connectivity index (χ0) is 15.6. The Morgan fingerprint density at radius 3 is 2.57 bits per heavy atom. The molecular weight excluding hydrogens is 270 g/mol. The van der Waals surface area contributed by atoms with Gasteiger partial charge >= 0.3 is 5.97 Å². The van der Waals surface area contributed by atoms with Gasteiger partial charge in [-0.3, -0.25) is 9.69 Å². The first-order valence-electron chi connectivity index (χ1n) is 6.79. The fourth-order valence-electron chi connectivity index (χ4n) is 2.48. The molecule has 6 heteroatoms. The molecule has 1 aromatic rings. The van der Waals surface area contributed by atoms with Crippen LogP contribution < -0.4 is 10.7 Å². The van der Waals surface area contributed by atoms with Crippen LogP contribution in [0.3, 0.4) is 0 Å². The van der Waals surface area contributed by atoms with Gasteiger partial charge in [0.15, 0.2) is 0 Å². The van der Waals surface area contributed by atoms with Crippen LogP contribution in [0.25, 0.3) is 0 Å². The molecule has 0 bridgehead atoms. The SMILES string of the molecule is CCOC(=O)[C@]1(C)C/C(=N/N)C(=O)N1c1ccc(C)cc1. The van der Waals surface area contributed by atoms with Crippen LogP contribution in [0.15, 0.2) is 29.4 Å². The van der Waals surface area contributed by atoms with Gasteiger partial charge in [-0.25, -0.2) is 4.79 Å². The number of aryl methyl sites for hydroxylation is 1. The third kappa shape index (κ3) is 2.49. The maximum Gasteiger partial charge on any atom is 0.332 e. The van der Waals surface area contributed by atoms with Crippen molar-refractivity contribution in [2.45, 2.75) is 32.7 Å². The Bertz CT molecular complexity index is 595. The third-order valence-corrected chi connectivity index (χ3v) is 3.62. The summed E-state index contributed by atoms with van der Waals surface area (Å²) in [6.45, 7) is 5.60. The first kappa shape index (κ1) is 15.0. The van der Waals surface area contributed by atoms with E-state index in [1.165, 1.54) is 4.90 Å². The number of hydrogen-bond donors (Lipinski definition) is 1. The minimum atomic E-state index is -1.12. The highest BCUT2D eigenvalue weighted by molar-refractivity contribution is 6.48. The molecule has 0 radical (unpaired) electrons. The van der Waals surface area contributed by atoms with Crippen molar-refractivity contribution < 1.29 is 14.3 Å². The van der Waals surface area contributed by atoms with E-state index < -0.39 is 11.5 Å². The van der Waals surface area contributed by atoms with Gasteiger partial charge < -0.3 is 10.6 Å². The number of nitrogens with zero attached hydrogens (tertiary/aromatic N) is 2. The predicted molar refractivity (Wildman–Crippen MR) is 79.9 cm³/mol. The summed E-state index contributed by atoms with van der Waals surface area (Å²) < 4.78 is 5.12. The average molecular weight is 289 g/mol. The number of amides is 1. The van der Waals surface area contributed by atoms with Gasteiger partial charge in [-0.15, -0.1) is 0 Å². The van der Waals surface area contributed by atoms with E-state index in [2.05, 4.69) is 5.10 Å². The molecule has 1 amide bonds. The van der Waals surface area contributed by atoms with Gasteiger partial charge in [0.1, 0.15) is 11.3 Å². The predicted octanol–water partition coefficient (Wildman–Crippen LogP) is 1.37. The minimum absolute atomic E-state index is 0.134. The molecule has 1 aliphatic rings. The normalized spacial score (nSPS) is 23.7. The number of hydrogen-bond acceptors (Lipinski definition) is 5. The van der Waals surface area contributed by atoms with E-state index in [1.54, 1.807) is 26.0 Å². The second kappa shape index (κ2) is 5.55. The first-order valence-corrected chi connectivity index (χ1v) is 6.79. The fraction of sp³-hybridized carbons (Fsp3) is 0.400. The van der Waals surface area contributed by atoms with E-state index in [9.17, 15) is 9.59 Å². The van der Waals surface area contributed by atoms with Crippen LogP contribution in [-0.2, 0) is 14.3 Å². The second-order valence-corrected chi connectivity index (χ2v) is 5.22. The lowest BCUT2D eigenvalue weighted by Crippen LogP contribution is -2.50. The molecule has 0 spiro atoms. The topological polar surface area (TPSA) is 85.0 Å². The van der Waals surface area contributed by atoms with E-state index in [4.69, 9.17) is 10.6 Å². The molecule has 1 atom stereocenters. The Morgan fingerprint density at radius 1 is 1.43 bits per heavy atom. The monoisotopic (exact) mass is 289 g/mol. The average Bonchev–Trinajstić information content (AvgIpc) is 2.73. The van der Waals surface area contributed by atoms with E-state index in [1.807, 2.05) is 19.1 Å². The smallest absolute Gasteiger partial charge is 0.332 e. The van der Waals surface area contributed by atoms with Crippen molar-refractivity contribution in [3.05, 3.63) is 29.8 Å². The van der Waals surface area contributed by atoms with Crippen LogP contribution in [0.4, 0.5) is 5.69 Å². The summed E-state index contributed by atoms with van der Waals surface area (Å²) in [5.41, 5.74) is 0.738. The summed E-state index contributed by atoms with van der Waals surface area (Å²) in [5, 5.41) is 3.52. The summed E-state index contributed by atoms with van der Waals surface area (Å²) in [6.07, 6.45) is 0.134. The highest BCUT2D eigenvalue weighted by atomic mass is 16.5. The summed E-state index contributed by atoms with van der Waals surface area (Å²) in [4.78, 5) is 26.2. The lowest BCUT2D eigenvalue weighted by molar-refractivity contribution is -0.149. The number of carbonyl (C=O) groups excluding carboxylic acids is 2. The molecule has 112 valence electrons. The Morgan fingerprint density at radius 2 is 2.05 bits per heavy atom. The number of anilines is 1. The molecule has 21 heavy (non-hydrogen) atoms. The molecule has 0 aromatic heterocycles. The lowest BCUT2D eigenvalue weighted by Gasteiger charge is -2.32. The molecule has 2 rings (SSSR count). The maximum absolute atomic E-state index is 12.5. The Labute approximate surface area is 123 Å². The number of benzene rings is 1. The van der Waals surface area contributed by atoms with Crippen molar-refractivity contribution in [1.29, 1.82) is 0 Å². The largest absolute Gasteiger partial charge is 0.464 e. The quantitative estimate of drug-likeness (QED) is 0.517. The van der Waals surface area contributed by atoms with E-state index in [0.717, 1.165) is 5.56 Å². The summed E-state index contributed by atoms with van der Waals surface area (Å²) in [5.74, 6) is 4.45. The van der Waals surface area contributed by atoms with Crippen LogP contribution in [-0.4, -0.2) is 29.7 Å². The number of esters is 1. The van der Waals surface area contributed by atoms with Crippen LogP contribution in [0.5, 0.6) is 0 Å². The fourth-order valence-corrected chi connectivity index (χ4v) is 2.48. The summed E-state index contributed by atoms with van der Waals surface area (Å²) in [7, 11) is 0. The van der Waals surface area contributed by atoms with Crippen LogP contribution in [0.1, 0.15) is 25.8 Å². The molecule has 1 aliphatic heterocycles. The highest BCUT2D eigenvalue weighted by Crippen LogP contribution is 2.34. The Kier molecular flexibility index (Phi) is 3.97. The highest BCUT2D eigenvalue weighted by Gasteiger charge is 2.53. The zero-order valence-electron chi connectivity index (χ0n) is 12.4. The van der Waals surface area contributed by atoms with Crippen LogP contribution in [0, 0.1) is 6.92 Å². The van der Waals surface area contributed by atoms with Crippen LogP contribution in [0.2, 0.25) is 0 Å². The van der Waals surface area contributed by atoms with E-state index in [0.29, 0.717) is 5.69 Å². The molecular formula is C15H19N3O3. The molecule has 0 saturated carbocycles. The summed E-state index contributed by atoms with van der Waals surface area (Å²) >= 11 is 0. The minimum Gasteiger partial charge on any atom is -0.464 e. The number of rotatable bonds is 3. The standard InChI is InChI=1S/C15H19N3O3/c1-4-21-14(20)15(3)9-12(17-16)13(19)18(15)11-7-5-10(2)6-8-11/h5-8H,4,9,16H2,1-3H3/b17-12-/t15-/m0/s1. The van der Waals surface area contributed by atoms with Crippen molar-refractivity contribution >= 4 is 23.3 Å². The van der Waals surface area contributed by atoms with Gasteiger partial charge in [0.2, 0.25) is 0 Å². The van der Waals surface area contributed by atoms with Gasteiger partial charge in [-0.05, 0) is 32.9 Å². The number of carbonyl (C=O) groups is 2.